The minimum atomic E-state index is -0.236. The lowest BCUT2D eigenvalue weighted by Crippen LogP contribution is -2.47. The molecule has 154 valence electrons. The molecule has 4 rings (SSSR count). The predicted molar refractivity (Wildman–Crippen MR) is 117 cm³/mol. The van der Waals surface area contributed by atoms with E-state index in [1.165, 1.54) is 25.4 Å². The van der Waals surface area contributed by atoms with Crippen molar-refractivity contribution in [1.29, 1.82) is 0 Å². The number of nitrogens with two attached hydrogens (primary N) is 1. The summed E-state index contributed by atoms with van der Waals surface area (Å²) in [6.45, 7) is 4.55. The monoisotopic (exact) mass is 406 g/mol. The average molecular weight is 406 g/mol. The highest BCUT2D eigenvalue weighted by Crippen LogP contribution is 2.30. The van der Waals surface area contributed by atoms with Gasteiger partial charge in [-0.2, -0.15) is 0 Å². The van der Waals surface area contributed by atoms with Crippen LogP contribution in [0.4, 0.5) is 33.1 Å². The molecule has 2 aromatic carbocycles. The molecule has 2 heterocycles. The lowest BCUT2D eigenvalue weighted by Gasteiger charge is -2.37. The fraction of sp³-hybridized carbons (Fsp3) is 0.227. The zero-order valence-electron chi connectivity index (χ0n) is 16.7. The van der Waals surface area contributed by atoms with Crippen molar-refractivity contribution in [3.05, 3.63) is 66.2 Å². The molecule has 1 aliphatic heterocycles. The smallest absolute Gasteiger partial charge is 0.159 e. The molecule has 0 aliphatic carbocycles. The van der Waals surface area contributed by atoms with E-state index in [0.29, 0.717) is 22.9 Å². The lowest BCUT2D eigenvalue weighted by atomic mass is 10.1. The van der Waals surface area contributed by atoms with Gasteiger partial charge in [-0.1, -0.05) is 12.1 Å². The molecule has 0 unspecified atom stereocenters. The molecule has 7 nitrogen and oxygen atoms in total. The van der Waals surface area contributed by atoms with Crippen LogP contribution in [0, 0.1) is 5.82 Å². The Morgan fingerprint density at radius 2 is 1.73 bits per heavy atom. The van der Waals surface area contributed by atoms with Crippen molar-refractivity contribution in [2.24, 2.45) is 0 Å². The predicted octanol–water partition coefficient (Wildman–Crippen LogP) is 3.47. The Balaban J connectivity index is 1.48. The topological polar surface area (TPSA) is 87.4 Å². The molecule has 8 heteroatoms. The number of hydrogen-bond acceptors (Lipinski definition) is 7. The Bertz CT molecular complexity index is 1050. The number of ketones is 1. The van der Waals surface area contributed by atoms with Crippen molar-refractivity contribution in [3.8, 4) is 0 Å². The Morgan fingerprint density at radius 1 is 1.03 bits per heavy atom. The van der Waals surface area contributed by atoms with Gasteiger partial charge >= 0.3 is 0 Å². The van der Waals surface area contributed by atoms with Crippen molar-refractivity contribution >= 4 is 34.5 Å². The van der Waals surface area contributed by atoms with Crippen molar-refractivity contribution in [2.75, 3.05) is 47.0 Å². The molecule has 0 bridgehead atoms. The molecule has 1 saturated heterocycles. The summed E-state index contributed by atoms with van der Waals surface area (Å²) in [6, 6.07) is 13.7. The third-order valence-corrected chi connectivity index (χ3v) is 5.17. The highest BCUT2D eigenvalue weighted by molar-refractivity contribution is 5.95. The van der Waals surface area contributed by atoms with Crippen molar-refractivity contribution in [3.63, 3.8) is 0 Å². The van der Waals surface area contributed by atoms with E-state index in [2.05, 4.69) is 25.1 Å². The molecular formula is C22H23FN6O. The van der Waals surface area contributed by atoms with Crippen LogP contribution in [-0.4, -0.2) is 41.9 Å². The van der Waals surface area contributed by atoms with E-state index in [1.54, 1.807) is 24.3 Å². The van der Waals surface area contributed by atoms with E-state index in [0.717, 1.165) is 37.6 Å². The first-order chi connectivity index (χ1) is 14.5. The molecule has 3 N–H and O–H groups in total. The average Bonchev–Trinajstić information content (AvgIpc) is 2.76. The second kappa shape index (κ2) is 8.36. The first-order valence-corrected chi connectivity index (χ1v) is 9.75. The quantitative estimate of drug-likeness (QED) is 0.627. The van der Waals surface area contributed by atoms with Gasteiger partial charge in [-0.15, -0.1) is 0 Å². The van der Waals surface area contributed by atoms with Crippen LogP contribution in [0.5, 0.6) is 0 Å². The van der Waals surface area contributed by atoms with Gasteiger partial charge in [0.05, 0.1) is 0 Å². The number of anilines is 5. The molecule has 1 fully saturated rings. The van der Waals surface area contributed by atoms with E-state index in [9.17, 15) is 9.18 Å². The van der Waals surface area contributed by atoms with Crippen LogP contribution in [0.3, 0.4) is 0 Å². The Hall–Kier alpha value is -3.68. The molecule has 30 heavy (non-hydrogen) atoms. The van der Waals surface area contributed by atoms with E-state index < -0.39 is 0 Å². The molecule has 0 saturated carbocycles. The summed E-state index contributed by atoms with van der Waals surface area (Å²) < 4.78 is 13.2. The van der Waals surface area contributed by atoms with Gasteiger partial charge in [-0.05, 0) is 43.3 Å². The van der Waals surface area contributed by atoms with E-state index in [1.807, 2.05) is 12.1 Å². The van der Waals surface area contributed by atoms with Gasteiger partial charge in [0.15, 0.2) is 17.4 Å². The fourth-order valence-corrected chi connectivity index (χ4v) is 3.52. The van der Waals surface area contributed by atoms with Crippen LogP contribution in [0.15, 0.2) is 54.9 Å². The number of nitrogens with zero attached hydrogens (tertiary/aromatic N) is 4. The van der Waals surface area contributed by atoms with E-state index in [4.69, 9.17) is 5.73 Å². The zero-order chi connectivity index (χ0) is 21.1. The first kappa shape index (κ1) is 19.6. The highest BCUT2D eigenvalue weighted by Gasteiger charge is 2.21. The summed E-state index contributed by atoms with van der Waals surface area (Å²) >= 11 is 0. The Morgan fingerprint density at radius 3 is 2.43 bits per heavy atom. The molecule has 0 spiro atoms. The zero-order valence-corrected chi connectivity index (χ0v) is 16.7. The van der Waals surface area contributed by atoms with Crippen LogP contribution in [0.25, 0.3) is 0 Å². The first-order valence-electron chi connectivity index (χ1n) is 9.75. The van der Waals surface area contributed by atoms with Crippen LogP contribution >= 0.6 is 0 Å². The number of piperazine rings is 1. The maximum atomic E-state index is 13.2. The minimum Gasteiger partial charge on any atom is -0.393 e. The van der Waals surface area contributed by atoms with Gasteiger partial charge < -0.3 is 20.9 Å². The second-order valence-corrected chi connectivity index (χ2v) is 7.17. The number of rotatable bonds is 5. The Kier molecular flexibility index (Phi) is 5.47. The van der Waals surface area contributed by atoms with Gasteiger partial charge in [-0.25, -0.2) is 14.4 Å². The molecule has 1 aliphatic rings. The Labute approximate surface area is 174 Å². The normalized spacial score (nSPS) is 13.9. The highest BCUT2D eigenvalue weighted by atomic mass is 19.1. The summed E-state index contributed by atoms with van der Waals surface area (Å²) in [5.41, 5.74) is 9.18. The summed E-state index contributed by atoms with van der Waals surface area (Å²) in [4.78, 5) is 24.6. The molecule has 0 atom stereocenters. The second-order valence-electron chi connectivity index (χ2n) is 7.17. The number of aromatic nitrogens is 2. The number of nitrogens with one attached hydrogen (secondary N) is 1. The number of benzene rings is 2. The number of Topliss-reactive ketones (excluding diaryl/α,β-unsaturated/α-hetero) is 1. The SMILES string of the molecule is CC(=O)c1cccc(Nc2ncnc(N3CCN(c4ccc(F)cc4)CC3)c2N)c1. The standard InChI is InChI=1S/C22H23FN6O/c1-15(30)16-3-2-4-18(13-16)27-21-20(24)22(26-14-25-21)29-11-9-28(10-12-29)19-7-5-17(23)6-8-19/h2-8,13-14H,9-12,24H2,1H3,(H,25,26,27). The third kappa shape index (κ3) is 4.17. The van der Waals surface area contributed by atoms with Gasteiger partial charge in [-0.3, -0.25) is 4.79 Å². The maximum absolute atomic E-state index is 13.2. The van der Waals surface area contributed by atoms with Crippen LogP contribution < -0.4 is 20.9 Å². The molecule has 1 aromatic heterocycles. The number of halogens is 1. The summed E-state index contributed by atoms with van der Waals surface area (Å²) in [6.07, 6.45) is 1.48. The summed E-state index contributed by atoms with van der Waals surface area (Å²) in [5.74, 6) is 0.935. The van der Waals surface area contributed by atoms with Crippen LogP contribution in [0.1, 0.15) is 17.3 Å². The number of carbonyl (C=O) groups excluding carboxylic acids is 1. The van der Waals surface area contributed by atoms with E-state index >= 15 is 0 Å². The van der Waals surface area contributed by atoms with Crippen molar-refractivity contribution in [2.45, 2.75) is 6.92 Å². The molecule has 0 radical (unpaired) electrons. The number of carbonyl (C=O) groups is 1. The van der Waals surface area contributed by atoms with Crippen molar-refractivity contribution in [1.82, 2.24) is 9.97 Å². The molecule has 3 aromatic rings. The minimum absolute atomic E-state index is 0.00553. The van der Waals surface area contributed by atoms with E-state index in [-0.39, 0.29) is 11.6 Å². The maximum Gasteiger partial charge on any atom is 0.159 e. The van der Waals surface area contributed by atoms with Crippen LogP contribution in [0.2, 0.25) is 0 Å². The van der Waals surface area contributed by atoms with Crippen LogP contribution in [-0.2, 0) is 0 Å². The largest absolute Gasteiger partial charge is 0.393 e. The summed E-state index contributed by atoms with van der Waals surface area (Å²) in [7, 11) is 0. The van der Waals surface area contributed by atoms with Gasteiger partial charge in [0.2, 0.25) is 0 Å². The molecule has 0 amide bonds. The summed E-state index contributed by atoms with van der Waals surface area (Å²) in [5, 5.41) is 3.19. The van der Waals surface area contributed by atoms with Gasteiger partial charge in [0.1, 0.15) is 17.8 Å². The molecular weight excluding hydrogens is 383 g/mol. The number of nitrogen functional groups attached to an aromatic ring is 1. The van der Waals surface area contributed by atoms with Gasteiger partial charge in [0, 0.05) is 43.1 Å². The van der Waals surface area contributed by atoms with Crippen molar-refractivity contribution < 1.29 is 9.18 Å². The lowest BCUT2D eigenvalue weighted by molar-refractivity contribution is 0.101. The third-order valence-electron chi connectivity index (χ3n) is 5.17. The fourth-order valence-electron chi connectivity index (χ4n) is 3.52. The van der Waals surface area contributed by atoms with Gasteiger partial charge in [0.25, 0.3) is 0 Å². The number of hydrogen-bond donors (Lipinski definition) is 2.